The molecular formula is C11H19NO3. The fourth-order valence-electron chi connectivity index (χ4n) is 1.99. The second kappa shape index (κ2) is 5.88. The number of carboxylic acid groups (broad SMARTS) is 1. The summed E-state index contributed by atoms with van der Waals surface area (Å²) < 4.78 is 5.30. The quantitative estimate of drug-likeness (QED) is 0.707. The van der Waals surface area contributed by atoms with Gasteiger partial charge in [0.2, 0.25) is 0 Å². The van der Waals surface area contributed by atoms with Crippen molar-refractivity contribution in [2.75, 3.05) is 27.3 Å². The van der Waals surface area contributed by atoms with Crippen LogP contribution in [-0.2, 0) is 9.53 Å². The lowest BCUT2D eigenvalue weighted by Crippen LogP contribution is -2.36. The van der Waals surface area contributed by atoms with Crippen LogP contribution in [0.25, 0.3) is 0 Å². The number of aliphatic carboxylic acids is 1. The summed E-state index contributed by atoms with van der Waals surface area (Å²) >= 11 is 0. The molecule has 0 spiro atoms. The third-order valence-corrected chi connectivity index (χ3v) is 2.78. The zero-order chi connectivity index (χ0) is 11.3. The third-order valence-electron chi connectivity index (χ3n) is 2.78. The highest BCUT2D eigenvalue weighted by atomic mass is 16.5. The van der Waals surface area contributed by atoms with Crippen molar-refractivity contribution < 1.29 is 14.6 Å². The van der Waals surface area contributed by atoms with Crippen molar-refractivity contribution in [3.8, 4) is 0 Å². The van der Waals surface area contributed by atoms with E-state index in [4.69, 9.17) is 9.84 Å². The molecule has 1 heterocycles. The van der Waals surface area contributed by atoms with Gasteiger partial charge < -0.3 is 14.7 Å². The van der Waals surface area contributed by atoms with Crippen molar-refractivity contribution in [3.05, 3.63) is 12.2 Å². The van der Waals surface area contributed by atoms with Crippen molar-refractivity contribution in [2.24, 2.45) is 5.92 Å². The maximum atomic E-state index is 10.5. The van der Waals surface area contributed by atoms with E-state index in [1.807, 2.05) is 14.1 Å². The second-order valence-electron chi connectivity index (χ2n) is 4.10. The molecule has 1 atom stereocenters. The van der Waals surface area contributed by atoms with Crippen molar-refractivity contribution >= 4 is 5.97 Å². The average molecular weight is 213 g/mol. The Kier molecular flexibility index (Phi) is 4.78. The zero-order valence-electron chi connectivity index (χ0n) is 9.35. The van der Waals surface area contributed by atoms with Crippen molar-refractivity contribution in [1.29, 1.82) is 0 Å². The van der Waals surface area contributed by atoms with Gasteiger partial charge in [-0.25, -0.2) is 4.79 Å². The normalized spacial score (nSPS) is 21.0. The fraction of sp³-hybridized carbons (Fsp3) is 0.727. The van der Waals surface area contributed by atoms with E-state index in [2.05, 4.69) is 4.90 Å². The molecule has 4 nitrogen and oxygen atoms in total. The van der Waals surface area contributed by atoms with Gasteiger partial charge in [-0.2, -0.15) is 0 Å². The van der Waals surface area contributed by atoms with Gasteiger partial charge in [-0.1, -0.05) is 6.08 Å². The van der Waals surface area contributed by atoms with Crippen LogP contribution in [0.1, 0.15) is 12.8 Å². The molecule has 0 aromatic rings. The van der Waals surface area contributed by atoms with E-state index >= 15 is 0 Å². The van der Waals surface area contributed by atoms with Crippen LogP contribution in [0.2, 0.25) is 0 Å². The van der Waals surface area contributed by atoms with Crippen LogP contribution in [0.5, 0.6) is 0 Å². The van der Waals surface area contributed by atoms with Gasteiger partial charge in [-0.05, 0) is 32.9 Å². The topological polar surface area (TPSA) is 49.8 Å². The van der Waals surface area contributed by atoms with Gasteiger partial charge in [-0.15, -0.1) is 0 Å². The highest BCUT2D eigenvalue weighted by molar-refractivity contribution is 5.79. The van der Waals surface area contributed by atoms with E-state index in [0.717, 1.165) is 26.1 Å². The van der Waals surface area contributed by atoms with E-state index in [1.54, 1.807) is 6.08 Å². The Morgan fingerprint density at radius 2 is 2.07 bits per heavy atom. The van der Waals surface area contributed by atoms with Crippen LogP contribution in [0.3, 0.4) is 0 Å². The first-order valence-electron chi connectivity index (χ1n) is 5.26. The van der Waals surface area contributed by atoms with E-state index < -0.39 is 5.97 Å². The molecule has 1 aliphatic rings. The molecule has 0 aromatic carbocycles. The van der Waals surface area contributed by atoms with Crippen molar-refractivity contribution in [1.82, 2.24) is 4.90 Å². The predicted octanol–water partition coefficient (Wildman–Crippen LogP) is 0.984. The second-order valence-corrected chi connectivity index (χ2v) is 4.10. The van der Waals surface area contributed by atoms with Gasteiger partial charge in [0.15, 0.2) is 0 Å². The molecule has 15 heavy (non-hydrogen) atoms. The summed E-state index contributed by atoms with van der Waals surface area (Å²) in [6.07, 6.45) is 5.03. The molecule has 1 fully saturated rings. The van der Waals surface area contributed by atoms with Crippen LogP contribution < -0.4 is 0 Å². The number of nitrogens with zero attached hydrogens (tertiary/aromatic N) is 1. The minimum absolute atomic E-state index is 0.199. The summed E-state index contributed by atoms with van der Waals surface area (Å²) in [6.45, 7) is 1.58. The van der Waals surface area contributed by atoms with Crippen molar-refractivity contribution in [3.63, 3.8) is 0 Å². The average Bonchev–Trinajstić information content (AvgIpc) is 2.18. The monoisotopic (exact) mass is 213 g/mol. The van der Waals surface area contributed by atoms with E-state index in [0.29, 0.717) is 5.92 Å². The Morgan fingerprint density at radius 3 is 2.53 bits per heavy atom. The molecule has 0 amide bonds. The van der Waals surface area contributed by atoms with Crippen LogP contribution in [0.15, 0.2) is 12.2 Å². The van der Waals surface area contributed by atoms with E-state index in [-0.39, 0.29) is 6.04 Å². The van der Waals surface area contributed by atoms with Gasteiger partial charge in [0, 0.05) is 25.3 Å². The Balaban J connectivity index is 2.59. The first-order valence-corrected chi connectivity index (χ1v) is 5.26. The number of hydrogen-bond donors (Lipinski definition) is 1. The van der Waals surface area contributed by atoms with Crippen LogP contribution >= 0.6 is 0 Å². The van der Waals surface area contributed by atoms with Crippen LogP contribution in [0.4, 0.5) is 0 Å². The Bertz CT molecular complexity index is 232. The summed E-state index contributed by atoms with van der Waals surface area (Å²) in [5.74, 6) is -0.377. The van der Waals surface area contributed by atoms with E-state index in [1.165, 1.54) is 6.08 Å². The lowest BCUT2D eigenvalue weighted by molar-refractivity contribution is -0.131. The number of rotatable bonds is 4. The zero-order valence-corrected chi connectivity index (χ0v) is 9.35. The van der Waals surface area contributed by atoms with Gasteiger partial charge in [-0.3, -0.25) is 0 Å². The van der Waals surface area contributed by atoms with Gasteiger partial charge in [0.05, 0.1) is 0 Å². The van der Waals surface area contributed by atoms with Crippen LogP contribution in [-0.4, -0.2) is 49.3 Å². The molecule has 1 rings (SSSR count). The number of likely N-dealkylation sites (N-methyl/N-ethyl adjacent to an activating group) is 1. The van der Waals surface area contributed by atoms with E-state index in [9.17, 15) is 4.79 Å². The number of hydrogen-bond acceptors (Lipinski definition) is 3. The fourth-order valence-corrected chi connectivity index (χ4v) is 1.99. The molecule has 0 aromatic heterocycles. The first kappa shape index (κ1) is 12.2. The predicted molar refractivity (Wildman–Crippen MR) is 57.8 cm³/mol. The molecule has 0 radical (unpaired) electrons. The number of carbonyl (C=O) groups is 1. The molecule has 1 saturated heterocycles. The van der Waals surface area contributed by atoms with Gasteiger partial charge in [0.1, 0.15) is 0 Å². The molecule has 0 saturated carbocycles. The summed E-state index contributed by atoms with van der Waals surface area (Å²) in [5, 5.41) is 8.61. The molecule has 0 bridgehead atoms. The highest BCUT2D eigenvalue weighted by Crippen LogP contribution is 2.22. The van der Waals surface area contributed by atoms with Crippen LogP contribution in [0, 0.1) is 5.92 Å². The molecule has 86 valence electrons. The number of carboxylic acids is 1. The minimum Gasteiger partial charge on any atom is -0.478 e. The summed E-state index contributed by atoms with van der Waals surface area (Å²) in [5.41, 5.74) is 0. The Morgan fingerprint density at radius 1 is 1.47 bits per heavy atom. The largest absolute Gasteiger partial charge is 0.478 e. The maximum Gasteiger partial charge on any atom is 0.328 e. The molecular weight excluding hydrogens is 194 g/mol. The van der Waals surface area contributed by atoms with Crippen molar-refractivity contribution in [2.45, 2.75) is 18.9 Å². The first-order chi connectivity index (χ1) is 7.11. The standard InChI is InChI=1S/C11H19NO3/c1-12(2)10(3-4-11(13)14)9-5-7-15-8-6-9/h3-4,9-10H,5-8H2,1-2H3,(H,13,14)/b4-3+. The van der Waals surface area contributed by atoms with Gasteiger partial charge >= 0.3 is 5.97 Å². The molecule has 0 aliphatic carbocycles. The summed E-state index contributed by atoms with van der Waals surface area (Å²) in [7, 11) is 3.96. The highest BCUT2D eigenvalue weighted by Gasteiger charge is 2.23. The minimum atomic E-state index is -0.881. The lowest BCUT2D eigenvalue weighted by atomic mass is 9.91. The van der Waals surface area contributed by atoms with Gasteiger partial charge in [0.25, 0.3) is 0 Å². The maximum absolute atomic E-state index is 10.5. The Labute approximate surface area is 90.5 Å². The molecule has 1 aliphatic heterocycles. The summed E-state index contributed by atoms with van der Waals surface area (Å²) in [6, 6.07) is 0.199. The molecule has 1 unspecified atom stereocenters. The summed E-state index contributed by atoms with van der Waals surface area (Å²) in [4.78, 5) is 12.5. The Hall–Kier alpha value is -0.870. The number of ether oxygens (including phenoxy) is 1. The lowest BCUT2D eigenvalue weighted by Gasteiger charge is -2.32. The molecule has 4 heteroatoms. The third kappa shape index (κ3) is 4.01. The smallest absolute Gasteiger partial charge is 0.328 e. The molecule has 1 N–H and O–H groups in total. The SMILES string of the molecule is CN(C)C(/C=C/C(=O)O)C1CCOCC1.